The minimum absolute atomic E-state index is 0.251. The number of methoxy groups -OCH3 is 1. The van der Waals surface area contributed by atoms with E-state index in [9.17, 15) is 4.39 Å². The highest BCUT2D eigenvalue weighted by Crippen LogP contribution is 2.17. The topological polar surface area (TPSA) is 72.0 Å². The molecule has 1 aromatic heterocycles. The predicted molar refractivity (Wildman–Crippen MR) is 98.7 cm³/mol. The standard InChI is InChI=1S/C19H20FN5O/c1-26-17-5-3-2-4-15(17)10-11-21-19-24-18(13-23-25-19)22-12-14-6-8-16(20)9-7-14/h2-9,13H,10-12H2,1H3,(H2,21,22,24,25). The first-order valence-electron chi connectivity index (χ1n) is 8.28. The van der Waals surface area contributed by atoms with Crippen LogP contribution < -0.4 is 15.4 Å². The number of ether oxygens (including phenoxy) is 1. The Balaban J connectivity index is 1.53. The molecular weight excluding hydrogens is 333 g/mol. The lowest BCUT2D eigenvalue weighted by Gasteiger charge is -2.10. The van der Waals surface area contributed by atoms with Crippen molar-refractivity contribution in [2.75, 3.05) is 24.3 Å². The zero-order valence-electron chi connectivity index (χ0n) is 14.4. The lowest BCUT2D eigenvalue weighted by Crippen LogP contribution is -2.11. The summed E-state index contributed by atoms with van der Waals surface area (Å²) in [5.41, 5.74) is 2.07. The first-order chi connectivity index (χ1) is 12.7. The molecule has 0 spiro atoms. The molecule has 1 heterocycles. The maximum atomic E-state index is 12.9. The van der Waals surface area contributed by atoms with Crippen LogP contribution in [0.15, 0.2) is 54.7 Å². The van der Waals surface area contributed by atoms with Crippen molar-refractivity contribution in [2.45, 2.75) is 13.0 Å². The molecule has 26 heavy (non-hydrogen) atoms. The van der Waals surface area contributed by atoms with Crippen LogP contribution in [0.2, 0.25) is 0 Å². The fourth-order valence-corrected chi connectivity index (χ4v) is 2.48. The van der Waals surface area contributed by atoms with E-state index in [0.717, 1.165) is 23.3 Å². The van der Waals surface area contributed by atoms with Crippen LogP contribution in [-0.2, 0) is 13.0 Å². The van der Waals surface area contributed by atoms with Gasteiger partial charge in [0.2, 0.25) is 5.95 Å². The van der Waals surface area contributed by atoms with Gasteiger partial charge in [-0.05, 0) is 35.7 Å². The van der Waals surface area contributed by atoms with Gasteiger partial charge in [0.05, 0.1) is 13.3 Å². The number of nitrogens with one attached hydrogen (secondary N) is 2. The first kappa shape index (κ1) is 17.6. The highest BCUT2D eigenvalue weighted by Gasteiger charge is 2.04. The van der Waals surface area contributed by atoms with Gasteiger partial charge < -0.3 is 15.4 Å². The Morgan fingerprint density at radius 2 is 1.85 bits per heavy atom. The van der Waals surface area contributed by atoms with Crippen LogP contribution in [0.5, 0.6) is 5.75 Å². The molecule has 0 aliphatic carbocycles. The van der Waals surface area contributed by atoms with Gasteiger partial charge in [-0.3, -0.25) is 0 Å². The number of benzene rings is 2. The number of anilines is 2. The average Bonchev–Trinajstić information content (AvgIpc) is 2.68. The zero-order chi connectivity index (χ0) is 18.2. The molecule has 0 fully saturated rings. The second kappa shape index (κ2) is 8.75. The van der Waals surface area contributed by atoms with Crippen molar-refractivity contribution in [3.63, 3.8) is 0 Å². The summed E-state index contributed by atoms with van der Waals surface area (Å²) in [6.07, 6.45) is 2.33. The number of hydrogen-bond acceptors (Lipinski definition) is 6. The molecule has 0 unspecified atom stereocenters. The van der Waals surface area contributed by atoms with Gasteiger partial charge in [0.25, 0.3) is 0 Å². The maximum Gasteiger partial charge on any atom is 0.244 e. The van der Waals surface area contributed by atoms with Crippen LogP contribution in [0.3, 0.4) is 0 Å². The molecule has 3 rings (SSSR count). The van der Waals surface area contributed by atoms with Gasteiger partial charge in [-0.15, -0.1) is 5.10 Å². The maximum absolute atomic E-state index is 12.9. The first-order valence-corrected chi connectivity index (χ1v) is 8.28. The van der Waals surface area contributed by atoms with Gasteiger partial charge >= 0.3 is 0 Å². The number of halogens is 1. The van der Waals surface area contributed by atoms with Crippen molar-refractivity contribution < 1.29 is 9.13 Å². The number of hydrogen-bond donors (Lipinski definition) is 2. The molecule has 7 heteroatoms. The molecule has 3 aromatic rings. The lowest BCUT2D eigenvalue weighted by atomic mass is 10.1. The number of nitrogens with zero attached hydrogens (tertiary/aromatic N) is 3. The Morgan fingerprint density at radius 1 is 1.04 bits per heavy atom. The van der Waals surface area contributed by atoms with E-state index in [0.29, 0.717) is 24.9 Å². The molecule has 0 bridgehead atoms. The van der Waals surface area contributed by atoms with Crippen LogP contribution in [0, 0.1) is 5.82 Å². The molecule has 0 aliphatic rings. The summed E-state index contributed by atoms with van der Waals surface area (Å²) in [4.78, 5) is 4.38. The van der Waals surface area contributed by atoms with Crippen LogP contribution in [-0.4, -0.2) is 28.8 Å². The van der Waals surface area contributed by atoms with Crippen molar-refractivity contribution in [3.05, 3.63) is 71.7 Å². The lowest BCUT2D eigenvalue weighted by molar-refractivity contribution is 0.410. The van der Waals surface area contributed by atoms with Gasteiger partial charge in [0.1, 0.15) is 11.6 Å². The van der Waals surface area contributed by atoms with E-state index in [-0.39, 0.29) is 5.82 Å². The van der Waals surface area contributed by atoms with E-state index in [1.54, 1.807) is 25.4 Å². The molecule has 2 N–H and O–H groups in total. The van der Waals surface area contributed by atoms with Crippen LogP contribution >= 0.6 is 0 Å². The van der Waals surface area contributed by atoms with Gasteiger partial charge in [0, 0.05) is 13.1 Å². The Morgan fingerprint density at radius 3 is 2.65 bits per heavy atom. The van der Waals surface area contributed by atoms with E-state index in [4.69, 9.17) is 4.74 Å². The van der Waals surface area contributed by atoms with Crippen molar-refractivity contribution in [3.8, 4) is 5.75 Å². The van der Waals surface area contributed by atoms with Crippen LogP contribution in [0.1, 0.15) is 11.1 Å². The molecule has 0 amide bonds. The smallest absolute Gasteiger partial charge is 0.244 e. The molecular formula is C19H20FN5O. The Hall–Kier alpha value is -3.22. The predicted octanol–water partition coefficient (Wildman–Crippen LogP) is 3.29. The molecule has 6 nitrogen and oxygen atoms in total. The Kier molecular flexibility index (Phi) is 5.92. The fourth-order valence-electron chi connectivity index (χ4n) is 2.48. The molecule has 134 valence electrons. The van der Waals surface area contributed by atoms with E-state index >= 15 is 0 Å². The van der Waals surface area contributed by atoms with Crippen molar-refractivity contribution in [1.82, 2.24) is 15.2 Å². The second-order valence-corrected chi connectivity index (χ2v) is 5.63. The van der Waals surface area contributed by atoms with Crippen molar-refractivity contribution in [1.29, 1.82) is 0 Å². The molecule has 0 atom stereocenters. The summed E-state index contributed by atoms with van der Waals surface area (Å²) in [6.45, 7) is 1.18. The summed E-state index contributed by atoms with van der Waals surface area (Å²) in [5.74, 6) is 1.66. The number of rotatable bonds is 8. The van der Waals surface area contributed by atoms with Gasteiger partial charge in [-0.1, -0.05) is 30.3 Å². The van der Waals surface area contributed by atoms with Crippen LogP contribution in [0.25, 0.3) is 0 Å². The SMILES string of the molecule is COc1ccccc1CCNc1nncc(NCc2ccc(F)cc2)n1. The van der Waals surface area contributed by atoms with Crippen molar-refractivity contribution >= 4 is 11.8 Å². The average molecular weight is 353 g/mol. The quantitative estimate of drug-likeness (QED) is 0.647. The second-order valence-electron chi connectivity index (χ2n) is 5.63. The van der Waals surface area contributed by atoms with Gasteiger partial charge in [-0.2, -0.15) is 10.1 Å². The molecule has 0 saturated heterocycles. The third kappa shape index (κ3) is 4.89. The van der Waals surface area contributed by atoms with Crippen LogP contribution in [0.4, 0.5) is 16.2 Å². The van der Waals surface area contributed by atoms with E-state index in [1.807, 2.05) is 24.3 Å². The summed E-state index contributed by atoms with van der Waals surface area (Å²) in [7, 11) is 1.66. The highest BCUT2D eigenvalue weighted by molar-refractivity contribution is 5.39. The summed E-state index contributed by atoms with van der Waals surface area (Å²) >= 11 is 0. The minimum Gasteiger partial charge on any atom is -0.496 e. The Labute approximate surface area is 151 Å². The van der Waals surface area contributed by atoms with E-state index < -0.39 is 0 Å². The molecule has 0 aliphatic heterocycles. The summed E-state index contributed by atoms with van der Waals surface area (Å²) < 4.78 is 18.3. The molecule has 0 saturated carbocycles. The van der Waals surface area contributed by atoms with Gasteiger partial charge in [0.15, 0.2) is 5.82 Å². The van der Waals surface area contributed by atoms with Gasteiger partial charge in [-0.25, -0.2) is 4.39 Å². The van der Waals surface area contributed by atoms with E-state index in [2.05, 4.69) is 25.8 Å². The number of para-hydroxylation sites is 1. The zero-order valence-corrected chi connectivity index (χ0v) is 14.4. The van der Waals surface area contributed by atoms with E-state index in [1.165, 1.54) is 12.1 Å². The minimum atomic E-state index is -0.251. The third-order valence-corrected chi connectivity index (χ3v) is 3.82. The summed E-state index contributed by atoms with van der Waals surface area (Å²) in [6, 6.07) is 14.2. The largest absolute Gasteiger partial charge is 0.496 e. The number of aromatic nitrogens is 3. The van der Waals surface area contributed by atoms with Crippen molar-refractivity contribution in [2.24, 2.45) is 0 Å². The monoisotopic (exact) mass is 353 g/mol. The Bertz CT molecular complexity index is 841. The summed E-state index contributed by atoms with van der Waals surface area (Å²) in [5, 5.41) is 14.2. The molecule has 2 aromatic carbocycles. The third-order valence-electron chi connectivity index (χ3n) is 3.82. The highest BCUT2D eigenvalue weighted by atomic mass is 19.1. The molecule has 0 radical (unpaired) electrons. The fraction of sp³-hybridized carbons (Fsp3) is 0.211. The normalized spacial score (nSPS) is 10.4.